The van der Waals surface area contributed by atoms with Crippen LogP contribution < -0.4 is 9.47 Å². The molecule has 0 spiro atoms. The molecule has 3 rings (SSSR count). The number of benzene rings is 2. The van der Waals surface area contributed by atoms with E-state index in [4.69, 9.17) is 9.47 Å². The summed E-state index contributed by atoms with van der Waals surface area (Å²) in [5, 5.41) is 0.942. The van der Waals surface area contributed by atoms with Gasteiger partial charge in [-0.3, -0.25) is 4.79 Å². The van der Waals surface area contributed by atoms with E-state index in [-0.39, 0.29) is 17.2 Å². The number of Topliss-reactive ketones (excluding diaryl/α,β-unsaturated/α-hetero) is 1. The number of rotatable bonds is 4. The minimum absolute atomic E-state index is 0.0950. The number of ether oxygens (including phenoxy) is 2. The summed E-state index contributed by atoms with van der Waals surface area (Å²) in [7, 11) is 1.45. The lowest BCUT2D eigenvalue weighted by Gasteiger charge is -2.10. The summed E-state index contributed by atoms with van der Waals surface area (Å²) in [5.41, 5.74) is 1.40. The smallest absolute Gasteiger partial charge is 0.362 e. The summed E-state index contributed by atoms with van der Waals surface area (Å²) in [6, 6.07) is 15.6. The molecule has 5 heteroatoms. The Balaban J connectivity index is 1.89. The number of methoxy groups -OCH3 is 1. The molecule has 1 heterocycles. The minimum Gasteiger partial charge on any atom is -0.493 e. The summed E-state index contributed by atoms with van der Waals surface area (Å²) in [5.74, 6) is -0.128. The third kappa shape index (κ3) is 3.10. The number of ketones is 1. The van der Waals surface area contributed by atoms with E-state index >= 15 is 0 Å². The van der Waals surface area contributed by atoms with Crippen LogP contribution in [0.1, 0.15) is 27.8 Å². The average molecular weight is 321 g/mol. The maximum Gasteiger partial charge on any atom is 0.362 e. The highest BCUT2D eigenvalue weighted by Gasteiger charge is 2.15. The normalized spacial score (nSPS) is 10.4. The average Bonchev–Trinajstić information content (AvgIpc) is 2.61. The van der Waals surface area contributed by atoms with Crippen LogP contribution >= 0.6 is 0 Å². The molecule has 0 aliphatic heterocycles. The van der Waals surface area contributed by atoms with Crippen molar-refractivity contribution >= 4 is 22.7 Å². The zero-order valence-corrected chi connectivity index (χ0v) is 13.3. The molecular formula is C19H15NO4. The molecule has 0 aliphatic rings. The number of carbonyl (C=O) groups excluding carboxylic acids is 2. The molecule has 0 bridgehead atoms. The Morgan fingerprint density at radius 1 is 0.958 bits per heavy atom. The molecule has 5 nitrogen and oxygen atoms in total. The van der Waals surface area contributed by atoms with Crippen LogP contribution in [0.3, 0.4) is 0 Å². The second kappa shape index (κ2) is 6.50. The van der Waals surface area contributed by atoms with E-state index in [2.05, 4.69) is 4.98 Å². The number of nitrogens with zero attached hydrogens (tertiary/aromatic N) is 1. The van der Waals surface area contributed by atoms with E-state index in [1.54, 1.807) is 18.2 Å². The topological polar surface area (TPSA) is 65.5 Å². The highest BCUT2D eigenvalue weighted by molar-refractivity contribution is 5.95. The van der Waals surface area contributed by atoms with Crippen LogP contribution in [0.5, 0.6) is 11.5 Å². The van der Waals surface area contributed by atoms with E-state index in [9.17, 15) is 9.59 Å². The van der Waals surface area contributed by atoms with Crippen molar-refractivity contribution in [1.29, 1.82) is 0 Å². The van der Waals surface area contributed by atoms with Gasteiger partial charge in [-0.2, -0.15) is 0 Å². The van der Waals surface area contributed by atoms with Crippen LogP contribution in [0.2, 0.25) is 0 Å². The Morgan fingerprint density at radius 3 is 2.50 bits per heavy atom. The molecule has 0 saturated heterocycles. The number of aromatic nitrogens is 1. The van der Waals surface area contributed by atoms with E-state index < -0.39 is 5.97 Å². The van der Waals surface area contributed by atoms with Crippen LogP contribution in [0, 0.1) is 0 Å². The first-order valence-corrected chi connectivity index (χ1v) is 7.35. The number of hydrogen-bond acceptors (Lipinski definition) is 5. The van der Waals surface area contributed by atoms with E-state index in [0.29, 0.717) is 16.8 Å². The van der Waals surface area contributed by atoms with E-state index in [1.807, 2.05) is 30.3 Å². The fraction of sp³-hybridized carbons (Fsp3) is 0.105. The number of fused-ring (bicyclic) bond motifs is 1. The molecule has 0 amide bonds. The monoisotopic (exact) mass is 321 g/mol. The van der Waals surface area contributed by atoms with Crippen LogP contribution in [0.15, 0.2) is 54.6 Å². The van der Waals surface area contributed by atoms with Gasteiger partial charge in [0.2, 0.25) is 0 Å². The predicted molar refractivity (Wildman–Crippen MR) is 89.7 cm³/mol. The lowest BCUT2D eigenvalue weighted by atomic mass is 10.1. The number of esters is 1. The molecule has 0 fully saturated rings. The van der Waals surface area contributed by atoms with Gasteiger partial charge in [0.15, 0.2) is 17.3 Å². The Bertz CT molecular complexity index is 934. The predicted octanol–water partition coefficient (Wildman–Crippen LogP) is 3.67. The Hall–Kier alpha value is -3.21. The highest BCUT2D eigenvalue weighted by Crippen LogP contribution is 2.29. The quantitative estimate of drug-likeness (QED) is 0.417. The molecule has 120 valence electrons. The number of pyridine rings is 1. The lowest BCUT2D eigenvalue weighted by molar-refractivity contribution is 0.0724. The van der Waals surface area contributed by atoms with Gasteiger partial charge in [0.05, 0.1) is 12.6 Å². The van der Waals surface area contributed by atoms with Crippen molar-refractivity contribution in [3.05, 3.63) is 65.9 Å². The summed E-state index contributed by atoms with van der Waals surface area (Å²) in [4.78, 5) is 28.1. The third-order valence-corrected chi connectivity index (χ3v) is 3.58. The third-order valence-electron chi connectivity index (χ3n) is 3.58. The molecule has 24 heavy (non-hydrogen) atoms. The maximum absolute atomic E-state index is 12.3. The first-order valence-electron chi connectivity index (χ1n) is 7.35. The second-order valence-corrected chi connectivity index (χ2v) is 5.20. The maximum atomic E-state index is 12.3. The van der Waals surface area contributed by atoms with E-state index in [0.717, 1.165) is 5.39 Å². The highest BCUT2D eigenvalue weighted by atomic mass is 16.6. The van der Waals surface area contributed by atoms with Gasteiger partial charge in [0.1, 0.15) is 5.69 Å². The van der Waals surface area contributed by atoms with Crippen molar-refractivity contribution in [1.82, 2.24) is 4.98 Å². The molecule has 2 aromatic carbocycles. The van der Waals surface area contributed by atoms with Crippen molar-refractivity contribution in [3.63, 3.8) is 0 Å². The minimum atomic E-state index is -0.588. The Morgan fingerprint density at radius 2 is 1.75 bits per heavy atom. The number of carbonyl (C=O) groups is 2. The zero-order chi connectivity index (χ0) is 17.1. The van der Waals surface area contributed by atoms with Crippen molar-refractivity contribution in [2.75, 3.05) is 7.11 Å². The molecular weight excluding hydrogens is 306 g/mol. The summed E-state index contributed by atoms with van der Waals surface area (Å²) >= 11 is 0. The summed E-state index contributed by atoms with van der Waals surface area (Å²) in [6.45, 7) is 1.46. The number of hydrogen-bond donors (Lipinski definition) is 0. The number of para-hydroxylation sites is 1. The SMILES string of the molecule is COc1cc(C(C)=O)ccc1OC(=O)c1ccc2ccccc2n1. The van der Waals surface area contributed by atoms with Gasteiger partial charge in [-0.05, 0) is 37.3 Å². The Labute approximate surface area is 138 Å². The fourth-order valence-electron chi connectivity index (χ4n) is 2.30. The molecule has 0 atom stereocenters. The first kappa shape index (κ1) is 15.7. The van der Waals surface area contributed by atoms with Gasteiger partial charge in [-0.25, -0.2) is 9.78 Å². The van der Waals surface area contributed by atoms with Gasteiger partial charge in [0.25, 0.3) is 0 Å². The standard InChI is InChI=1S/C19H15NO4/c1-12(21)14-8-10-17(18(11-14)23-2)24-19(22)16-9-7-13-5-3-4-6-15(13)20-16/h3-11H,1-2H3. The summed E-state index contributed by atoms with van der Waals surface area (Å²) in [6.07, 6.45) is 0. The summed E-state index contributed by atoms with van der Waals surface area (Å²) < 4.78 is 10.6. The molecule has 0 N–H and O–H groups in total. The van der Waals surface area contributed by atoms with Crippen molar-refractivity contribution < 1.29 is 19.1 Å². The van der Waals surface area contributed by atoms with Crippen LogP contribution in [-0.4, -0.2) is 23.8 Å². The van der Waals surface area contributed by atoms with Gasteiger partial charge >= 0.3 is 5.97 Å². The van der Waals surface area contributed by atoms with Crippen molar-refractivity contribution in [2.24, 2.45) is 0 Å². The Kier molecular flexibility index (Phi) is 4.24. The molecule has 0 unspecified atom stereocenters. The van der Waals surface area contributed by atoms with Crippen molar-refractivity contribution in [2.45, 2.75) is 6.92 Å². The first-order chi connectivity index (χ1) is 11.6. The lowest BCUT2D eigenvalue weighted by Crippen LogP contribution is -2.11. The molecule has 0 radical (unpaired) electrons. The largest absolute Gasteiger partial charge is 0.493 e. The second-order valence-electron chi connectivity index (χ2n) is 5.20. The van der Waals surface area contributed by atoms with Crippen LogP contribution in [0.4, 0.5) is 0 Å². The molecule has 0 saturated carbocycles. The van der Waals surface area contributed by atoms with Crippen LogP contribution in [-0.2, 0) is 0 Å². The van der Waals surface area contributed by atoms with Gasteiger partial charge in [0, 0.05) is 10.9 Å². The fourth-order valence-corrected chi connectivity index (χ4v) is 2.30. The van der Waals surface area contributed by atoms with Gasteiger partial charge in [-0.1, -0.05) is 24.3 Å². The van der Waals surface area contributed by atoms with Gasteiger partial charge in [-0.15, -0.1) is 0 Å². The van der Waals surface area contributed by atoms with E-state index in [1.165, 1.54) is 20.1 Å². The van der Waals surface area contributed by atoms with Gasteiger partial charge < -0.3 is 9.47 Å². The zero-order valence-electron chi connectivity index (χ0n) is 13.3. The molecule has 0 aliphatic carbocycles. The molecule has 3 aromatic rings. The molecule has 1 aromatic heterocycles. The van der Waals surface area contributed by atoms with Crippen molar-refractivity contribution in [3.8, 4) is 11.5 Å². The van der Waals surface area contributed by atoms with Crippen LogP contribution in [0.25, 0.3) is 10.9 Å².